The normalized spacial score (nSPS) is 13.7. The second-order valence-electron chi connectivity index (χ2n) is 20.0. The Hall–Kier alpha value is -7.02. The molecule has 0 saturated heterocycles. The van der Waals surface area contributed by atoms with Crippen LogP contribution in [0.1, 0.15) is 52.7 Å². The second-order valence-corrected chi connectivity index (χ2v) is 20.0. The molecule has 0 N–H and O–H groups in total. The molecule has 0 bridgehead atoms. The molecule has 0 fully saturated rings. The minimum absolute atomic E-state index is 0.151. The van der Waals surface area contributed by atoms with E-state index in [-0.39, 0.29) is 16.2 Å². The Labute approximate surface area is 370 Å². The van der Waals surface area contributed by atoms with Gasteiger partial charge in [-0.15, -0.1) is 0 Å². The van der Waals surface area contributed by atoms with E-state index in [4.69, 9.17) is 0 Å². The molecular formula is C63H50. The number of hydrogen-bond donors (Lipinski definition) is 0. The summed E-state index contributed by atoms with van der Waals surface area (Å²) in [5.74, 6) is 0. The van der Waals surface area contributed by atoms with E-state index in [2.05, 4.69) is 236 Å². The first kappa shape index (κ1) is 37.7. The van der Waals surface area contributed by atoms with Crippen molar-refractivity contribution in [1.82, 2.24) is 0 Å². The van der Waals surface area contributed by atoms with Crippen molar-refractivity contribution in [2.45, 2.75) is 47.0 Å². The third-order valence-electron chi connectivity index (χ3n) is 14.7. The molecule has 0 radical (unpaired) electrons. The zero-order chi connectivity index (χ0) is 42.8. The number of fused-ring (bicyclic) bond motifs is 13. The zero-order valence-electron chi connectivity index (χ0n) is 37.0. The Morgan fingerprint density at radius 3 is 1.22 bits per heavy atom. The van der Waals surface area contributed by atoms with Crippen molar-refractivity contribution in [2.24, 2.45) is 10.8 Å². The van der Waals surface area contributed by atoms with Crippen LogP contribution < -0.4 is 0 Å². The molecule has 1 aliphatic carbocycles. The van der Waals surface area contributed by atoms with Gasteiger partial charge in [0.1, 0.15) is 0 Å². The summed E-state index contributed by atoms with van der Waals surface area (Å²) in [5, 5.41) is 15.6. The van der Waals surface area contributed by atoms with Crippen LogP contribution >= 0.6 is 0 Å². The van der Waals surface area contributed by atoms with Crippen molar-refractivity contribution < 1.29 is 0 Å². The third kappa shape index (κ3) is 5.22. The minimum atomic E-state index is -0.343. The van der Waals surface area contributed by atoms with E-state index >= 15 is 0 Å². The molecule has 0 atom stereocenters. The standard InChI is InChI=1S/C63H50/c1-61(2,3)63(62(4,5)6)55-38-54(46-24-11-13-25-47(46)58(55)59-48-26-14-10-22-44(48)45-23-12-19-31-53(45)60(59)63)57-51-29-17-15-27-49(51)56(50-28-16-18-30-52(50)57)43-35-34-41-36-40(32-33-42(41)37-43)39-20-8-7-9-21-39/h7-38H,1-6H3. The van der Waals surface area contributed by atoms with Crippen LogP contribution in [0.3, 0.4) is 0 Å². The van der Waals surface area contributed by atoms with E-state index < -0.39 is 0 Å². The predicted molar refractivity (Wildman–Crippen MR) is 273 cm³/mol. The Balaban J connectivity index is 1.20. The van der Waals surface area contributed by atoms with Gasteiger partial charge in [0.25, 0.3) is 0 Å². The van der Waals surface area contributed by atoms with Crippen molar-refractivity contribution in [3.8, 4) is 44.5 Å². The minimum Gasteiger partial charge on any atom is -0.0622 e. The Kier molecular flexibility index (Phi) is 8.08. The monoisotopic (exact) mass is 806 g/mol. The van der Waals surface area contributed by atoms with Crippen LogP contribution in [0.25, 0.3) is 109 Å². The number of rotatable bonds is 3. The third-order valence-corrected chi connectivity index (χ3v) is 14.7. The van der Waals surface area contributed by atoms with Crippen molar-refractivity contribution in [1.29, 1.82) is 0 Å². The fourth-order valence-electron chi connectivity index (χ4n) is 12.7. The van der Waals surface area contributed by atoms with Gasteiger partial charge in [-0.3, -0.25) is 0 Å². The average molecular weight is 807 g/mol. The van der Waals surface area contributed by atoms with Crippen molar-refractivity contribution in [3.63, 3.8) is 0 Å². The predicted octanol–water partition coefficient (Wildman–Crippen LogP) is 18.0. The van der Waals surface area contributed by atoms with E-state index in [9.17, 15) is 0 Å². The summed E-state index contributed by atoms with van der Waals surface area (Å²) in [7, 11) is 0. The smallest absolute Gasteiger partial charge is 0.0318 e. The summed E-state index contributed by atoms with van der Waals surface area (Å²) in [6.07, 6.45) is 0. The maximum atomic E-state index is 2.66. The second kappa shape index (κ2) is 13.5. The van der Waals surface area contributed by atoms with E-state index in [1.54, 1.807) is 0 Å². The van der Waals surface area contributed by atoms with Gasteiger partial charge in [-0.05, 0) is 149 Å². The first-order chi connectivity index (χ1) is 30.6. The van der Waals surface area contributed by atoms with Gasteiger partial charge in [-0.25, -0.2) is 0 Å². The average Bonchev–Trinajstić information content (AvgIpc) is 3.64. The molecule has 1 aliphatic rings. The molecule has 0 amide bonds. The summed E-state index contributed by atoms with van der Waals surface area (Å²) in [6, 6.07) is 73.2. The maximum Gasteiger partial charge on any atom is 0.0318 e. The molecule has 0 aromatic heterocycles. The summed E-state index contributed by atoms with van der Waals surface area (Å²) in [5.41, 5.74) is 12.7. The van der Waals surface area contributed by atoms with Crippen molar-refractivity contribution in [2.75, 3.05) is 0 Å². The molecule has 0 spiro atoms. The molecule has 0 nitrogen and oxygen atoms in total. The van der Waals surface area contributed by atoms with Crippen LogP contribution in [0.5, 0.6) is 0 Å². The highest BCUT2D eigenvalue weighted by Crippen LogP contribution is 2.69. The molecular weight excluding hydrogens is 757 g/mol. The molecule has 0 heteroatoms. The molecule has 0 aliphatic heterocycles. The highest BCUT2D eigenvalue weighted by Gasteiger charge is 2.59. The summed E-state index contributed by atoms with van der Waals surface area (Å²) >= 11 is 0. The Morgan fingerprint density at radius 2 is 0.683 bits per heavy atom. The molecule has 0 heterocycles. The zero-order valence-corrected chi connectivity index (χ0v) is 37.0. The lowest BCUT2D eigenvalue weighted by molar-refractivity contribution is 0.0965. The van der Waals surface area contributed by atoms with Gasteiger partial charge in [-0.1, -0.05) is 217 Å². The highest BCUT2D eigenvalue weighted by molar-refractivity contribution is 6.27. The van der Waals surface area contributed by atoms with Crippen LogP contribution in [-0.4, -0.2) is 0 Å². The number of hydrogen-bond acceptors (Lipinski definition) is 0. The van der Waals surface area contributed by atoms with Crippen LogP contribution in [-0.2, 0) is 5.41 Å². The van der Waals surface area contributed by atoms with Gasteiger partial charge in [0, 0.05) is 5.41 Å². The van der Waals surface area contributed by atoms with Gasteiger partial charge in [0.2, 0.25) is 0 Å². The summed E-state index contributed by atoms with van der Waals surface area (Å²) in [6.45, 7) is 14.9. The lowest BCUT2D eigenvalue weighted by Crippen LogP contribution is -2.50. The molecule has 0 unspecified atom stereocenters. The fourth-order valence-corrected chi connectivity index (χ4v) is 12.7. The molecule has 12 rings (SSSR count). The van der Waals surface area contributed by atoms with Gasteiger partial charge >= 0.3 is 0 Å². The van der Waals surface area contributed by atoms with Crippen molar-refractivity contribution >= 4 is 64.6 Å². The van der Waals surface area contributed by atoms with Crippen molar-refractivity contribution in [3.05, 3.63) is 205 Å². The number of benzene rings is 11. The van der Waals surface area contributed by atoms with Gasteiger partial charge in [-0.2, -0.15) is 0 Å². The van der Waals surface area contributed by atoms with Crippen LogP contribution in [0, 0.1) is 10.8 Å². The topological polar surface area (TPSA) is 0 Å². The van der Waals surface area contributed by atoms with Crippen LogP contribution in [0.15, 0.2) is 194 Å². The van der Waals surface area contributed by atoms with Crippen LogP contribution in [0.2, 0.25) is 0 Å². The Bertz CT molecular complexity index is 3610. The van der Waals surface area contributed by atoms with E-state index in [1.165, 1.54) is 120 Å². The SMILES string of the molecule is CC(C)(C)C1(C(C)(C)C)c2cc(-c3c4ccccc4c(-c4ccc5cc(-c6ccccc6)ccc5c4)c4ccccc34)c3ccccc3c2-c2c1c1ccccc1c1ccccc21. The largest absolute Gasteiger partial charge is 0.0622 e. The van der Waals surface area contributed by atoms with E-state index in [0.717, 1.165) is 0 Å². The Morgan fingerprint density at radius 1 is 0.286 bits per heavy atom. The highest BCUT2D eigenvalue weighted by atomic mass is 14.6. The first-order valence-electron chi connectivity index (χ1n) is 22.6. The fraction of sp³-hybridized carbons (Fsp3) is 0.143. The molecule has 11 aromatic rings. The van der Waals surface area contributed by atoms with Gasteiger partial charge < -0.3 is 0 Å². The molecule has 0 saturated carbocycles. The maximum absolute atomic E-state index is 2.66. The quantitative estimate of drug-likeness (QED) is 0.123. The lowest BCUT2D eigenvalue weighted by atomic mass is 9.49. The molecule has 11 aromatic carbocycles. The molecule has 63 heavy (non-hydrogen) atoms. The van der Waals surface area contributed by atoms with Gasteiger partial charge in [0.05, 0.1) is 0 Å². The summed E-state index contributed by atoms with van der Waals surface area (Å²) in [4.78, 5) is 0. The van der Waals surface area contributed by atoms with E-state index in [1.807, 2.05) is 0 Å². The summed E-state index contributed by atoms with van der Waals surface area (Å²) < 4.78 is 0. The van der Waals surface area contributed by atoms with E-state index in [0.29, 0.717) is 0 Å². The first-order valence-corrected chi connectivity index (χ1v) is 22.6. The lowest BCUT2D eigenvalue weighted by Gasteiger charge is -2.53. The van der Waals surface area contributed by atoms with Gasteiger partial charge in [0.15, 0.2) is 0 Å². The van der Waals surface area contributed by atoms with Crippen LogP contribution in [0.4, 0.5) is 0 Å². The molecule has 302 valence electrons.